The van der Waals surface area contributed by atoms with Gasteiger partial charge in [0.2, 0.25) is 5.89 Å². The minimum atomic E-state index is -0.799. The van der Waals surface area contributed by atoms with Gasteiger partial charge in [0.15, 0.2) is 5.82 Å². The maximum atomic E-state index is 10.8. The van der Waals surface area contributed by atoms with E-state index < -0.39 is 5.60 Å². The van der Waals surface area contributed by atoms with E-state index in [-0.39, 0.29) is 0 Å². The van der Waals surface area contributed by atoms with E-state index in [1.54, 1.807) is 17.1 Å². The molecule has 1 aliphatic heterocycles. The third kappa shape index (κ3) is 4.35. The van der Waals surface area contributed by atoms with Crippen molar-refractivity contribution >= 4 is 0 Å². The molecule has 0 aliphatic carbocycles. The first kappa shape index (κ1) is 16.1. The van der Waals surface area contributed by atoms with Gasteiger partial charge >= 0.3 is 0 Å². The minimum Gasteiger partial charge on any atom is -0.387 e. The summed E-state index contributed by atoms with van der Waals surface area (Å²) in [5.41, 5.74) is -0.799. The predicted molar refractivity (Wildman–Crippen MR) is 82.3 cm³/mol. The number of hydrogen-bond acceptors (Lipinski definition) is 7. The van der Waals surface area contributed by atoms with Crippen molar-refractivity contribution in [3.63, 3.8) is 0 Å². The maximum absolute atomic E-state index is 10.8. The molecule has 0 spiro atoms. The Balaban J connectivity index is 1.59. The van der Waals surface area contributed by atoms with Crippen LogP contribution in [0.3, 0.4) is 0 Å². The number of rotatable bonds is 6. The molecular weight excluding hydrogens is 296 g/mol. The largest absolute Gasteiger partial charge is 0.387 e. The topological polar surface area (TPSA) is 93.1 Å². The van der Waals surface area contributed by atoms with Gasteiger partial charge in [0.25, 0.3) is 0 Å². The Morgan fingerprint density at radius 2 is 2.30 bits per heavy atom. The van der Waals surface area contributed by atoms with Gasteiger partial charge in [0.05, 0.1) is 24.9 Å². The first-order valence-electron chi connectivity index (χ1n) is 8.13. The van der Waals surface area contributed by atoms with Crippen LogP contribution < -0.4 is 0 Å². The highest BCUT2D eigenvalue weighted by Gasteiger charge is 2.34. The lowest BCUT2D eigenvalue weighted by molar-refractivity contribution is -0.0498. The molecule has 8 nitrogen and oxygen atoms in total. The normalized spacial score (nSPS) is 22.8. The van der Waals surface area contributed by atoms with Crippen LogP contribution in [0, 0.1) is 5.92 Å². The minimum absolute atomic E-state index is 0.450. The zero-order chi connectivity index (χ0) is 16.3. The summed E-state index contributed by atoms with van der Waals surface area (Å²) in [6.07, 6.45) is 5.90. The average molecular weight is 320 g/mol. The fourth-order valence-corrected chi connectivity index (χ4v) is 3.08. The van der Waals surface area contributed by atoms with Gasteiger partial charge < -0.3 is 9.63 Å². The number of piperidine rings is 1. The van der Waals surface area contributed by atoms with Gasteiger partial charge in [0, 0.05) is 19.2 Å². The molecule has 8 heteroatoms. The van der Waals surface area contributed by atoms with Crippen LogP contribution in [-0.4, -0.2) is 53.8 Å². The third-order valence-electron chi connectivity index (χ3n) is 4.02. The van der Waals surface area contributed by atoms with Crippen LogP contribution in [0.25, 0.3) is 0 Å². The quantitative estimate of drug-likeness (QED) is 0.844. The van der Waals surface area contributed by atoms with Gasteiger partial charge in [-0.25, -0.2) is 4.68 Å². The Kier molecular flexibility index (Phi) is 4.72. The van der Waals surface area contributed by atoms with Crippen molar-refractivity contribution < 1.29 is 9.63 Å². The molecule has 1 unspecified atom stereocenters. The van der Waals surface area contributed by atoms with E-state index in [1.807, 2.05) is 0 Å². The molecule has 126 valence electrons. The fraction of sp³-hybridized carbons (Fsp3) is 0.733. The van der Waals surface area contributed by atoms with E-state index in [4.69, 9.17) is 4.52 Å². The summed E-state index contributed by atoms with van der Waals surface area (Å²) in [5.74, 6) is 1.87. The van der Waals surface area contributed by atoms with E-state index in [0.717, 1.165) is 31.6 Å². The number of aromatic nitrogens is 5. The van der Waals surface area contributed by atoms with E-state index in [2.05, 4.69) is 39.2 Å². The van der Waals surface area contributed by atoms with E-state index in [0.29, 0.717) is 31.4 Å². The molecule has 2 aromatic heterocycles. The summed E-state index contributed by atoms with van der Waals surface area (Å²) in [4.78, 5) is 6.60. The second-order valence-electron chi connectivity index (χ2n) is 6.84. The van der Waals surface area contributed by atoms with Crippen LogP contribution in [0.4, 0.5) is 0 Å². The molecule has 2 aromatic rings. The summed E-state index contributed by atoms with van der Waals surface area (Å²) < 4.78 is 7.01. The second kappa shape index (κ2) is 6.76. The van der Waals surface area contributed by atoms with Crippen LogP contribution in [0.5, 0.6) is 0 Å². The fourth-order valence-electron chi connectivity index (χ4n) is 3.08. The molecule has 3 heterocycles. The van der Waals surface area contributed by atoms with Crippen LogP contribution >= 0.6 is 0 Å². The van der Waals surface area contributed by atoms with Crippen molar-refractivity contribution in [2.75, 3.05) is 13.1 Å². The Morgan fingerprint density at radius 1 is 1.43 bits per heavy atom. The van der Waals surface area contributed by atoms with Crippen LogP contribution in [0.1, 0.15) is 38.4 Å². The molecule has 0 aromatic carbocycles. The van der Waals surface area contributed by atoms with Gasteiger partial charge in [-0.2, -0.15) is 4.98 Å². The molecule has 23 heavy (non-hydrogen) atoms. The summed E-state index contributed by atoms with van der Waals surface area (Å²) in [6.45, 7) is 6.77. The first-order valence-corrected chi connectivity index (χ1v) is 8.13. The highest BCUT2D eigenvalue weighted by atomic mass is 16.5. The number of hydrogen-bond donors (Lipinski definition) is 1. The molecule has 3 rings (SSSR count). The average Bonchev–Trinajstić information content (AvgIpc) is 3.10. The van der Waals surface area contributed by atoms with Crippen molar-refractivity contribution in [3.8, 4) is 0 Å². The zero-order valence-corrected chi connectivity index (χ0v) is 13.7. The number of β-amino-alcohol motifs (C(OH)–C–C–N with tert-alkyl or cyclic N) is 1. The second-order valence-corrected chi connectivity index (χ2v) is 6.84. The summed E-state index contributed by atoms with van der Waals surface area (Å²) in [6, 6.07) is 0. The SMILES string of the molecule is CC(C)Cc1noc(CN2CCCC(O)(Cn3ccnn3)C2)n1. The van der Waals surface area contributed by atoms with Crippen LogP contribution in [0.2, 0.25) is 0 Å². The standard InChI is InChI=1S/C15H24N6O2/c1-12(2)8-13-17-14(23-18-13)9-20-6-3-4-15(22,10-20)11-21-7-5-16-19-21/h5,7,12,22H,3-4,6,8-11H2,1-2H3. The molecule has 1 saturated heterocycles. The van der Waals surface area contributed by atoms with Gasteiger partial charge in [-0.1, -0.05) is 24.2 Å². The maximum Gasteiger partial charge on any atom is 0.240 e. The lowest BCUT2D eigenvalue weighted by atomic mass is 9.93. The van der Waals surface area contributed by atoms with Crippen molar-refractivity contribution in [3.05, 3.63) is 24.1 Å². The Bertz CT molecular complexity index is 611. The number of likely N-dealkylation sites (tertiary alicyclic amines) is 1. The molecule has 1 fully saturated rings. The molecule has 1 N–H and O–H groups in total. The van der Waals surface area contributed by atoms with Gasteiger partial charge in [-0.3, -0.25) is 4.90 Å². The summed E-state index contributed by atoms with van der Waals surface area (Å²) in [5, 5.41) is 22.6. The number of nitrogens with zero attached hydrogens (tertiary/aromatic N) is 6. The van der Waals surface area contributed by atoms with E-state index in [1.165, 1.54) is 0 Å². The lowest BCUT2D eigenvalue weighted by Gasteiger charge is -2.38. The van der Waals surface area contributed by atoms with Crippen molar-refractivity contribution in [1.29, 1.82) is 0 Å². The van der Waals surface area contributed by atoms with Crippen LogP contribution in [0.15, 0.2) is 16.9 Å². The Labute approximate surface area is 135 Å². The Hall–Kier alpha value is -1.80. The molecule has 0 amide bonds. The van der Waals surface area contributed by atoms with Crippen molar-refractivity contribution in [1.82, 2.24) is 30.0 Å². The molecule has 0 saturated carbocycles. The Morgan fingerprint density at radius 3 is 3.04 bits per heavy atom. The molecular formula is C15H24N6O2. The smallest absolute Gasteiger partial charge is 0.240 e. The monoisotopic (exact) mass is 320 g/mol. The summed E-state index contributed by atoms with van der Waals surface area (Å²) >= 11 is 0. The number of aliphatic hydroxyl groups is 1. The van der Waals surface area contributed by atoms with Crippen molar-refractivity contribution in [2.24, 2.45) is 5.92 Å². The predicted octanol–water partition coefficient (Wildman–Crippen LogP) is 0.887. The van der Waals surface area contributed by atoms with Gasteiger partial charge in [0.1, 0.15) is 0 Å². The van der Waals surface area contributed by atoms with Gasteiger partial charge in [-0.15, -0.1) is 5.10 Å². The third-order valence-corrected chi connectivity index (χ3v) is 4.02. The van der Waals surface area contributed by atoms with Crippen molar-refractivity contribution in [2.45, 2.75) is 51.8 Å². The lowest BCUT2D eigenvalue weighted by Crippen LogP contribution is -2.50. The summed E-state index contributed by atoms with van der Waals surface area (Å²) in [7, 11) is 0. The molecule has 1 aliphatic rings. The van der Waals surface area contributed by atoms with E-state index in [9.17, 15) is 5.11 Å². The highest BCUT2D eigenvalue weighted by molar-refractivity contribution is 4.92. The highest BCUT2D eigenvalue weighted by Crippen LogP contribution is 2.24. The molecule has 0 radical (unpaired) electrons. The van der Waals surface area contributed by atoms with Gasteiger partial charge in [-0.05, 0) is 25.3 Å². The molecule has 1 atom stereocenters. The van der Waals surface area contributed by atoms with E-state index >= 15 is 0 Å². The first-order chi connectivity index (χ1) is 11.0. The zero-order valence-electron chi connectivity index (χ0n) is 13.7. The van der Waals surface area contributed by atoms with Crippen LogP contribution in [-0.2, 0) is 19.5 Å². The molecule has 0 bridgehead atoms.